The number of nitrogens with one attached hydrogen (secondary N) is 3. The Morgan fingerprint density at radius 3 is 3.04 bits per heavy atom. The van der Waals surface area contributed by atoms with E-state index in [0.29, 0.717) is 11.7 Å². The first kappa shape index (κ1) is 16.4. The molecule has 1 atom stereocenters. The van der Waals surface area contributed by atoms with Gasteiger partial charge < -0.3 is 15.0 Å². The van der Waals surface area contributed by atoms with Crippen molar-refractivity contribution in [2.24, 2.45) is 0 Å². The van der Waals surface area contributed by atoms with Gasteiger partial charge in [-0.25, -0.2) is 15.0 Å². The van der Waals surface area contributed by atoms with Crippen LogP contribution in [0, 0.1) is 0 Å². The molecule has 8 heteroatoms. The van der Waals surface area contributed by atoms with Crippen molar-refractivity contribution in [3.8, 4) is 0 Å². The lowest BCUT2D eigenvalue weighted by molar-refractivity contribution is 0.192. The molecule has 0 spiro atoms. The summed E-state index contributed by atoms with van der Waals surface area (Å²) in [5.74, 6) is 1.86. The summed E-state index contributed by atoms with van der Waals surface area (Å²) in [6.45, 7) is 3.77. The standard InChI is InChI=1S/C17H22ClN7/c1-2-3-4-13-23-12(16(18)24-13)9-25-8-5-11-14(22-10-21-11)15(25)17-19-6-7-20-17/h6-7,10,15H,2-5,8-9H2,1H3,(H,19,20)(H,21,22)(H,23,24). The number of hydrogen-bond acceptors (Lipinski definition) is 4. The van der Waals surface area contributed by atoms with Gasteiger partial charge in [-0.15, -0.1) is 0 Å². The van der Waals surface area contributed by atoms with E-state index in [0.717, 1.165) is 55.3 Å². The maximum Gasteiger partial charge on any atom is 0.151 e. The Morgan fingerprint density at radius 2 is 2.24 bits per heavy atom. The minimum Gasteiger partial charge on any atom is -0.348 e. The Labute approximate surface area is 151 Å². The number of rotatable bonds is 6. The molecule has 7 nitrogen and oxygen atoms in total. The smallest absolute Gasteiger partial charge is 0.151 e. The highest BCUT2D eigenvalue weighted by molar-refractivity contribution is 6.30. The van der Waals surface area contributed by atoms with Crippen LogP contribution < -0.4 is 0 Å². The van der Waals surface area contributed by atoms with Crippen molar-refractivity contribution >= 4 is 11.6 Å². The molecule has 0 amide bonds. The molecule has 1 aliphatic heterocycles. The van der Waals surface area contributed by atoms with Crippen LogP contribution in [-0.4, -0.2) is 41.3 Å². The van der Waals surface area contributed by atoms with Crippen LogP contribution in [0.5, 0.6) is 0 Å². The number of halogens is 1. The van der Waals surface area contributed by atoms with Crippen molar-refractivity contribution in [2.45, 2.75) is 45.2 Å². The van der Waals surface area contributed by atoms with Crippen LogP contribution in [0.2, 0.25) is 5.15 Å². The fourth-order valence-corrected chi connectivity index (χ4v) is 3.64. The molecular formula is C17H22ClN7. The molecule has 25 heavy (non-hydrogen) atoms. The third-order valence-corrected chi connectivity index (χ3v) is 5.02. The van der Waals surface area contributed by atoms with Crippen molar-refractivity contribution in [3.63, 3.8) is 0 Å². The molecule has 0 radical (unpaired) electrons. The molecule has 1 aliphatic rings. The maximum absolute atomic E-state index is 6.38. The van der Waals surface area contributed by atoms with E-state index in [-0.39, 0.29) is 6.04 Å². The SMILES string of the molecule is CCCCc1nc(Cl)c(CN2CCc3[nH]cnc3C2c2ncc[nH]2)[nH]1. The van der Waals surface area contributed by atoms with Crippen LogP contribution in [-0.2, 0) is 19.4 Å². The van der Waals surface area contributed by atoms with E-state index < -0.39 is 0 Å². The monoisotopic (exact) mass is 359 g/mol. The van der Waals surface area contributed by atoms with Gasteiger partial charge in [-0.2, -0.15) is 0 Å². The van der Waals surface area contributed by atoms with Crippen molar-refractivity contribution in [1.82, 2.24) is 34.8 Å². The summed E-state index contributed by atoms with van der Waals surface area (Å²) in [5, 5.41) is 0.567. The van der Waals surface area contributed by atoms with E-state index in [1.807, 2.05) is 6.20 Å². The first-order chi connectivity index (χ1) is 12.3. The van der Waals surface area contributed by atoms with Gasteiger partial charge >= 0.3 is 0 Å². The lowest BCUT2D eigenvalue weighted by Gasteiger charge is -2.33. The fraction of sp³-hybridized carbons (Fsp3) is 0.471. The Morgan fingerprint density at radius 1 is 1.32 bits per heavy atom. The highest BCUT2D eigenvalue weighted by Crippen LogP contribution is 2.33. The Kier molecular flexibility index (Phi) is 4.59. The summed E-state index contributed by atoms with van der Waals surface area (Å²) in [4.78, 5) is 25.7. The average Bonchev–Trinajstić information content (AvgIpc) is 3.34. The second kappa shape index (κ2) is 7.01. The van der Waals surface area contributed by atoms with E-state index >= 15 is 0 Å². The number of aryl methyl sites for hydroxylation is 1. The van der Waals surface area contributed by atoms with Gasteiger partial charge in [0.25, 0.3) is 0 Å². The number of fused-ring (bicyclic) bond motifs is 1. The lowest BCUT2D eigenvalue weighted by atomic mass is 10.0. The zero-order valence-electron chi connectivity index (χ0n) is 14.2. The number of aromatic amines is 3. The molecule has 4 heterocycles. The van der Waals surface area contributed by atoms with Crippen LogP contribution in [0.15, 0.2) is 18.7 Å². The summed E-state index contributed by atoms with van der Waals surface area (Å²) >= 11 is 6.38. The molecule has 132 valence electrons. The third-order valence-electron chi connectivity index (χ3n) is 4.71. The minimum absolute atomic E-state index is 0.0107. The topological polar surface area (TPSA) is 89.3 Å². The average molecular weight is 360 g/mol. The molecule has 0 bridgehead atoms. The molecule has 0 saturated carbocycles. The quantitative estimate of drug-likeness (QED) is 0.631. The highest BCUT2D eigenvalue weighted by atomic mass is 35.5. The predicted molar refractivity (Wildman–Crippen MR) is 95.3 cm³/mol. The molecule has 0 fully saturated rings. The first-order valence-corrected chi connectivity index (χ1v) is 9.12. The Balaban J connectivity index is 1.60. The number of hydrogen-bond donors (Lipinski definition) is 3. The second-order valence-corrected chi connectivity index (χ2v) is 6.78. The van der Waals surface area contributed by atoms with Crippen molar-refractivity contribution < 1.29 is 0 Å². The third kappa shape index (κ3) is 3.21. The van der Waals surface area contributed by atoms with Gasteiger partial charge in [-0.05, 0) is 6.42 Å². The molecule has 4 rings (SSSR count). The van der Waals surface area contributed by atoms with Crippen LogP contribution in [0.1, 0.15) is 54.5 Å². The normalized spacial score (nSPS) is 17.8. The Bertz CT molecular complexity index is 820. The van der Waals surface area contributed by atoms with Gasteiger partial charge in [-0.3, -0.25) is 4.90 Å². The second-order valence-electron chi connectivity index (χ2n) is 6.42. The van der Waals surface area contributed by atoms with Gasteiger partial charge in [0.05, 0.1) is 17.7 Å². The van der Waals surface area contributed by atoms with Crippen molar-refractivity contribution in [3.05, 3.63) is 52.6 Å². The van der Waals surface area contributed by atoms with E-state index in [4.69, 9.17) is 11.6 Å². The summed E-state index contributed by atoms with van der Waals surface area (Å²) in [6, 6.07) is -0.0107. The van der Waals surface area contributed by atoms with E-state index in [1.54, 1.807) is 12.5 Å². The number of H-pyrrole nitrogens is 3. The number of unbranched alkanes of at least 4 members (excludes halogenated alkanes) is 1. The predicted octanol–water partition coefficient (Wildman–Crippen LogP) is 3.00. The zero-order valence-corrected chi connectivity index (χ0v) is 15.0. The van der Waals surface area contributed by atoms with Crippen molar-refractivity contribution in [2.75, 3.05) is 6.54 Å². The number of nitrogens with zero attached hydrogens (tertiary/aromatic N) is 4. The van der Waals surface area contributed by atoms with Gasteiger partial charge in [0.15, 0.2) is 5.15 Å². The fourth-order valence-electron chi connectivity index (χ4n) is 3.43. The Hall–Kier alpha value is -2.12. The minimum atomic E-state index is -0.0107. The molecule has 0 aromatic carbocycles. The highest BCUT2D eigenvalue weighted by Gasteiger charge is 2.33. The van der Waals surface area contributed by atoms with Gasteiger partial charge in [0.1, 0.15) is 17.7 Å². The van der Waals surface area contributed by atoms with Crippen LogP contribution >= 0.6 is 11.6 Å². The van der Waals surface area contributed by atoms with E-state index in [1.165, 1.54) is 5.69 Å². The van der Waals surface area contributed by atoms with Crippen LogP contribution in [0.3, 0.4) is 0 Å². The van der Waals surface area contributed by atoms with Crippen molar-refractivity contribution in [1.29, 1.82) is 0 Å². The van der Waals surface area contributed by atoms with Gasteiger partial charge in [0.2, 0.25) is 0 Å². The molecule has 0 aliphatic carbocycles. The molecule has 0 saturated heterocycles. The van der Waals surface area contributed by atoms with E-state index in [2.05, 4.69) is 41.7 Å². The molecule has 1 unspecified atom stereocenters. The van der Waals surface area contributed by atoms with Crippen LogP contribution in [0.4, 0.5) is 0 Å². The summed E-state index contributed by atoms with van der Waals surface area (Å²) in [6.07, 6.45) is 9.50. The molecular weight excluding hydrogens is 338 g/mol. The number of aromatic nitrogens is 6. The first-order valence-electron chi connectivity index (χ1n) is 8.75. The summed E-state index contributed by atoms with van der Waals surface area (Å²) < 4.78 is 0. The molecule has 3 aromatic heterocycles. The molecule has 3 N–H and O–H groups in total. The molecule has 3 aromatic rings. The largest absolute Gasteiger partial charge is 0.348 e. The lowest BCUT2D eigenvalue weighted by Crippen LogP contribution is -2.36. The van der Waals surface area contributed by atoms with Gasteiger partial charge in [0, 0.05) is 44.0 Å². The number of imidazole rings is 3. The van der Waals surface area contributed by atoms with Gasteiger partial charge in [-0.1, -0.05) is 24.9 Å². The van der Waals surface area contributed by atoms with E-state index in [9.17, 15) is 0 Å². The summed E-state index contributed by atoms with van der Waals surface area (Å²) in [5.41, 5.74) is 3.17. The van der Waals surface area contributed by atoms with Crippen LogP contribution in [0.25, 0.3) is 0 Å². The summed E-state index contributed by atoms with van der Waals surface area (Å²) in [7, 11) is 0. The maximum atomic E-state index is 6.38. The zero-order chi connectivity index (χ0) is 17.2.